The van der Waals surface area contributed by atoms with Crippen molar-refractivity contribution in [3.05, 3.63) is 93.8 Å². The number of aromatic nitrogens is 3. The summed E-state index contributed by atoms with van der Waals surface area (Å²) >= 11 is 6.11. The molecule has 3 heterocycles. The first kappa shape index (κ1) is 19.6. The summed E-state index contributed by atoms with van der Waals surface area (Å²) in [5, 5.41) is 8.45. The number of halogens is 1. The Morgan fingerprint density at radius 2 is 2.10 bits per heavy atom. The quantitative estimate of drug-likeness (QED) is 0.501. The summed E-state index contributed by atoms with van der Waals surface area (Å²) < 4.78 is 7.92. The largest absolute Gasteiger partial charge is 0.455 e. The van der Waals surface area contributed by atoms with Crippen molar-refractivity contribution in [2.24, 2.45) is 0 Å². The third kappa shape index (κ3) is 3.86. The van der Waals surface area contributed by atoms with E-state index in [0.717, 1.165) is 46.5 Å². The van der Waals surface area contributed by atoms with Crippen molar-refractivity contribution < 1.29 is 9.21 Å². The molecule has 1 amide bonds. The molecule has 1 aromatic carbocycles. The van der Waals surface area contributed by atoms with E-state index in [1.54, 1.807) is 12.4 Å². The lowest BCUT2D eigenvalue weighted by molar-refractivity contribution is 0.0920. The van der Waals surface area contributed by atoms with Crippen molar-refractivity contribution in [2.45, 2.75) is 32.9 Å². The number of amides is 1. The Balaban J connectivity index is 1.40. The molecule has 0 saturated heterocycles. The highest BCUT2D eigenvalue weighted by Crippen LogP contribution is 2.38. The van der Waals surface area contributed by atoms with Crippen LogP contribution in [0.1, 0.15) is 38.6 Å². The second-order valence-corrected chi connectivity index (χ2v) is 8.17. The number of nitrogens with one attached hydrogen (secondary N) is 1. The number of pyridine rings is 1. The fourth-order valence-corrected chi connectivity index (χ4v) is 4.26. The number of carbonyl (C=O) groups excluding carboxylic acids is 1. The Labute approximate surface area is 184 Å². The van der Waals surface area contributed by atoms with E-state index in [2.05, 4.69) is 16.5 Å². The van der Waals surface area contributed by atoms with Gasteiger partial charge in [0, 0.05) is 47.7 Å². The Morgan fingerprint density at radius 1 is 1.23 bits per heavy atom. The molecular weight excluding hydrogens is 412 g/mol. The van der Waals surface area contributed by atoms with Gasteiger partial charge >= 0.3 is 0 Å². The van der Waals surface area contributed by atoms with E-state index in [9.17, 15) is 4.79 Å². The molecule has 31 heavy (non-hydrogen) atoms. The number of hydrogen-bond acceptors (Lipinski definition) is 4. The molecule has 1 aliphatic rings. The van der Waals surface area contributed by atoms with E-state index < -0.39 is 0 Å². The fourth-order valence-electron chi connectivity index (χ4n) is 4.05. The zero-order valence-electron chi connectivity index (χ0n) is 17.1. The van der Waals surface area contributed by atoms with Gasteiger partial charge in [-0.3, -0.25) is 14.5 Å². The minimum absolute atomic E-state index is 0.226. The third-order valence-electron chi connectivity index (χ3n) is 5.53. The fraction of sp³-hybridized carbons (Fsp3) is 0.208. The van der Waals surface area contributed by atoms with E-state index in [-0.39, 0.29) is 5.91 Å². The summed E-state index contributed by atoms with van der Waals surface area (Å²) in [7, 11) is 0. The molecular formula is C24H21ClN4O2. The topological polar surface area (TPSA) is 73.0 Å². The van der Waals surface area contributed by atoms with Gasteiger partial charge in [0.1, 0.15) is 5.76 Å². The van der Waals surface area contributed by atoms with E-state index >= 15 is 0 Å². The number of aryl methyl sites for hydroxylation is 2. The molecule has 0 radical (unpaired) electrons. The molecule has 0 atom stereocenters. The smallest absolute Gasteiger partial charge is 0.287 e. The van der Waals surface area contributed by atoms with E-state index in [0.29, 0.717) is 23.9 Å². The highest BCUT2D eigenvalue weighted by Gasteiger charge is 2.29. The van der Waals surface area contributed by atoms with Crippen LogP contribution in [-0.2, 0) is 25.9 Å². The molecule has 3 aromatic heterocycles. The normalized spacial score (nSPS) is 12.3. The minimum Gasteiger partial charge on any atom is -0.455 e. The summed E-state index contributed by atoms with van der Waals surface area (Å²) in [6, 6.07) is 11.6. The summed E-state index contributed by atoms with van der Waals surface area (Å²) in [6.07, 6.45) is 7.11. The SMILES string of the molecule is Cc1c(C(=O)NCc2cccnc2)oc2c1-c1nn(Cc3cccc(Cl)c3)cc1CC2. The van der Waals surface area contributed by atoms with Crippen LogP contribution in [-0.4, -0.2) is 20.7 Å². The molecule has 0 aliphatic heterocycles. The molecule has 7 heteroatoms. The Hall–Kier alpha value is -3.38. The number of nitrogens with zero attached hydrogens (tertiary/aromatic N) is 3. The molecule has 6 nitrogen and oxygen atoms in total. The number of carbonyl (C=O) groups is 1. The maximum absolute atomic E-state index is 12.8. The van der Waals surface area contributed by atoms with Gasteiger partial charge in [0.05, 0.1) is 12.2 Å². The van der Waals surface area contributed by atoms with Crippen molar-refractivity contribution in [3.63, 3.8) is 0 Å². The summed E-state index contributed by atoms with van der Waals surface area (Å²) in [6.45, 7) is 2.96. The van der Waals surface area contributed by atoms with Crippen LogP contribution in [0.3, 0.4) is 0 Å². The lowest BCUT2D eigenvalue weighted by Gasteiger charge is -2.09. The van der Waals surface area contributed by atoms with E-state index in [1.165, 1.54) is 5.56 Å². The Bertz CT molecular complexity index is 1260. The molecule has 0 fully saturated rings. The van der Waals surface area contributed by atoms with Crippen LogP contribution in [0.5, 0.6) is 0 Å². The lowest BCUT2D eigenvalue weighted by atomic mass is 9.93. The predicted molar refractivity (Wildman–Crippen MR) is 118 cm³/mol. The molecule has 0 spiro atoms. The third-order valence-corrected chi connectivity index (χ3v) is 5.77. The lowest BCUT2D eigenvalue weighted by Crippen LogP contribution is -2.23. The van der Waals surface area contributed by atoms with Gasteiger partial charge in [-0.25, -0.2) is 0 Å². The highest BCUT2D eigenvalue weighted by atomic mass is 35.5. The minimum atomic E-state index is -0.226. The molecule has 5 rings (SSSR count). The van der Waals surface area contributed by atoms with Crippen LogP contribution in [0.25, 0.3) is 11.3 Å². The zero-order chi connectivity index (χ0) is 21.4. The highest BCUT2D eigenvalue weighted by molar-refractivity contribution is 6.30. The second-order valence-electron chi connectivity index (χ2n) is 7.73. The number of benzene rings is 1. The van der Waals surface area contributed by atoms with E-state index in [4.69, 9.17) is 21.1 Å². The first-order valence-electron chi connectivity index (χ1n) is 10.2. The van der Waals surface area contributed by atoms with E-state index in [1.807, 2.05) is 48.0 Å². The first-order chi connectivity index (χ1) is 15.1. The summed E-state index contributed by atoms with van der Waals surface area (Å²) in [5.74, 6) is 0.950. The summed E-state index contributed by atoms with van der Waals surface area (Å²) in [4.78, 5) is 16.9. The van der Waals surface area contributed by atoms with Crippen LogP contribution < -0.4 is 5.32 Å². The van der Waals surface area contributed by atoms with Crippen LogP contribution >= 0.6 is 11.6 Å². The second kappa shape index (κ2) is 8.04. The van der Waals surface area contributed by atoms with Crippen LogP contribution in [0, 0.1) is 6.92 Å². The number of fused-ring (bicyclic) bond motifs is 3. The van der Waals surface area contributed by atoms with Gasteiger partial charge in [-0.2, -0.15) is 5.10 Å². The van der Waals surface area contributed by atoms with Crippen molar-refractivity contribution in [3.8, 4) is 11.3 Å². The van der Waals surface area contributed by atoms with Gasteiger partial charge in [-0.15, -0.1) is 0 Å². The molecule has 0 bridgehead atoms. The zero-order valence-corrected chi connectivity index (χ0v) is 17.8. The van der Waals surface area contributed by atoms with Gasteiger partial charge in [0.15, 0.2) is 5.76 Å². The van der Waals surface area contributed by atoms with Crippen LogP contribution in [0.4, 0.5) is 0 Å². The van der Waals surface area contributed by atoms with Crippen molar-refractivity contribution in [1.29, 1.82) is 0 Å². The van der Waals surface area contributed by atoms with Gasteiger partial charge in [-0.05, 0) is 48.2 Å². The monoisotopic (exact) mass is 432 g/mol. The molecule has 4 aromatic rings. The first-order valence-corrected chi connectivity index (χ1v) is 10.6. The molecule has 0 saturated carbocycles. The average molecular weight is 433 g/mol. The average Bonchev–Trinajstić information content (AvgIpc) is 3.33. The Kier molecular flexibility index (Phi) is 5.08. The van der Waals surface area contributed by atoms with Crippen LogP contribution in [0.2, 0.25) is 5.02 Å². The molecule has 1 N–H and O–H groups in total. The Morgan fingerprint density at radius 3 is 2.90 bits per heavy atom. The molecule has 1 aliphatic carbocycles. The molecule has 0 unspecified atom stereocenters. The standard InChI is InChI=1S/C24H21ClN4O2/c1-15-21-20(31-23(15)24(30)27-12-17-5-3-9-26-11-17)8-7-18-14-29(28-22(18)21)13-16-4-2-6-19(25)10-16/h2-6,9-11,14H,7-8,12-13H2,1H3,(H,27,30). The molecule has 156 valence electrons. The predicted octanol–water partition coefficient (Wildman–Crippen LogP) is 4.58. The van der Waals surface area contributed by atoms with Crippen molar-refractivity contribution >= 4 is 17.5 Å². The van der Waals surface area contributed by atoms with Gasteiger partial charge < -0.3 is 9.73 Å². The number of furan rings is 1. The van der Waals surface area contributed by atoms with Gasteiger partial charge in [0.25, 0.3) is 5.91 Å². The van der Waals surface area contributed by atoms with Crippen molar-refractivity contribution in [1.82, 2.24) is 20.1 Å². The van der Waals surface area contributed by atoms with Crippen LogP contribution in [0.15, 0.2) is 59.4 Å². The number of rotatable bonds is 5. The number of hydrogen-bond donors (Lipinski definition) is 1. The van der Waals surface area contributed by atoms with Gasteiger partial charge in [-0.1, -0.05) is 29.8 Å². The maximum atomic E-state index is 12.8. The summed E-state index contributed by atoms with van der Waals surface area (Å²) in [5.41, 5.74) is 5.86. The maximum Gasteiger partial charge on any atom is 0.287 e. The van der Waals surface area contributed by atoms with Gasteiger partial charge in [0.2, 0.25) is 0 Å². The van der Waals surface area contributed by atoms with Crippen molar-refractivity contribution in [2.75, 3.05) is 0 Å².